The normalized spacial score (nSPS) is 18.4. The van der Waals surface area contributed by atoms with Crippen LogP contribution in [0.4, 0.5) is 10.1 Å². The van der Waals surface area contributed by atoms with Gasteiger partial charge in [-0.1, -0.05) is 30.3 Å². The number of para-hydroxylation sites is 1. The summed E-state index contributed by atoms with van der Waals surface area (Å²) in [5.74, 6) is -0.732. The zero-order chi connectivity index (χ0) is 19.9. The summed E-state index contributed by atoms with van der Waals surface area (Å²) in [6, 6.07) is 15.8. The Labute approximate surface area is 161 Å². The van der Waals surface area contributed by atoms with Crippen LogP contribution in [-0.2, 0) is 16.9 Å². The van der Waals surface area contributed by atoms with Gasteiger partial charge in [0.05, 0.1) is 18.7 Å². The second kappa shape index (κ2) is 6.73. The van der Waals surface area contributed by atoms with Crippen LogP contribution in [0.3, 0.4) is 0 Å². The molecule has 1 N–H and O–H groups in total. The number of benzene rings is 2. The molecule has 0 fully saturated rings. The summed E-state index contributed by atoms with van der Waals surface area (Å²) < 4.78 is 18.5. The molecule has 4 rings (SSSR count). The molecule has 5 nitrogen and oxygen atoms in total. The summed E-state index contributed by atoms with van der Waals surface area (Å²) in [5, 5.41) is 11.2. The molecule has 1 aliphatic heterocycles. The molecular weight excluding hydrogens is 361 g/mol. The standard InChI is InChI=1S/C22H18FNO4/c1-14-6-11-20(28-14)19(25)12-22(27)17-4-2-3-5-18(17)24(21(22)26)13-15-7-9-16(23)10-8-15/h2-11,27H,12-13H2,1H3. The van der Waals surface area contributed by atoms with Crippen LogP contribution >= 0.6 is 0 Å². The van der Waals surface area contributed by atoms with Gasteiger partial charge in [0.25, 0.3) is 5.91 Å². The summed E-state index contributed by atoms with van der Waals surface area (Å²) in [6.07, 6.45) is -0.421. The van der Waals surface area contributed by atoms with E-state index in [0.717, 1.165) is 0 Å². The van der Waals surface area contributed by atoms with Crippen molar-refractivity contribution in [1.82, 2.24) is 0 Å². The van der Waals surface area contributed by atoms with Crippen LogP contribution in [0, 0.1) is 12.7 Å². The van der Waals surface area contributed by atoms with Crippen molar-refractivity contribution in [3.05, 3.63) is 89.1 Å². The van der Waals surface area contributed by atoms with Crippen molar-refractivity contribution >= 4 is 17.4 Å². The zero-order valence-corrected chi connectivity index (χ0v) is 15.2. The van der Waals surface area contributed by atoms with E-state index in [-0.39, 0.29) is 18.1 Å². The lowest BCUT2D eigenvalue weighted by Gasteiger charge is -2.22. The fourth-order valence-corrected chi connectivity index (χ4v) is 3.51. The van der Waals surface area contributed by atoms with Gasteiger partial charge in [0.2, 0.25) is 5.78 Å². The van der Waals surface area contributed by atoms with Crippen LogP contribution in [-0.4, -0.2) is 16.8 Å². The molecular formula is C22H18FNO4. The molecule has 2 aromatic carbocycles. The minimum atomic E-state index is -1.98. The second-order valence-electron chi connectivity index (χ2n) is 6.91. The van der Waals surface area contributed by atoms with Gasteiger partial charge in [0.1, 0.15) is 11.6 Å². The number of hydrogen-bond donors (Lipinski definition) is 1. The topological polar surface area (TPSA) is 70.8 Å². The number of Topliss-reactive ketones (excluding diaryl/α,β-unsaturated/α-hetero) is 1. The Morgan fingerprint density at radius 1 is 1.11 bits per heavy atom. The SMILES string of the molecule is Cc1ccc(C(=O)CC2(O)C(=O)N(Cc3ccc(F)cc3)c3ccccc32)o1. The van der Waals surface area contributed by atoms with E-state index in [1.165, 1.54) is 23.1 Å². The summed E-state index contributed by atoms with van der Waals surface area (Å²) in [7, 11) is 0. The number of ketones is 1. The zero-order valence-electron chi connectivity index (χ0n) is 15.2. The van der Waals surface area contributed by atoms with Crippen LogP contribution in [0.1, 0.15) is 33.9 Å². The van der Waals surface area contributed by atoms with Crippen LogP contribution in [0.5, 0.6) is 0 Å². The van der Waals surface area contributed by atoms with E-state index in [0.29, 0.717) is 22.6 Å². The number of furan rings is 1. The molecule has 1 amide bonds. The first-order valence-corrected chi connectivity index (χ1v) is 8.86. The molecule has 28 heavy (non-hydrogen) atoms. The number of aryl methyl sites for hydroxylation is 1. The third kappa shape index (κ3) is 3.01. The highest BCUT2D eigenvalue weighted by Gasteiger charge is 2.51. The minimum absolute atomic E-state index is 0.105. The third-order valence-electron chi connectivity index (χ3n) is 4.92. The van der Waals surface area contributed by atoms with E-state index < -0.39 is 23.7 Å². The molecule has 0 radical (unpaired) electrons. The number of amides is 1. The van der Waals surface area contributed by atoms with Gasteiger partial charge in [0, 0.05) is 5.56 Å². The van der Waals surface area contributed by atoms with Gasteiger partial charge < -0.3 is 14.4 Å². The van der Waals surface area contributed by atoms with E-state index in [1.807, 2.05) is 0 Å². The number of carbonyl (C=O) groups is 2. The number of nitrogens with zero attached hydrogens (tertiary/aromatic N) is 1. The summed E-state index contributed by atoms with van der Waals surface area (Å²) in [4.78, 5) is 27.2. The highest BCUT2D eigenvalue weighted by atomic mass is 19.1. The largest absolute Gasteiger partial charge is 0.458 e. The van der Waals surface area contributed by atoms with Crippen LogP contribution in [0.15, 0.2) is 65.1 Å². The molecule has 0 aliphatic carbocycles. The Kier molecular flexibility index (Phi) is 4.35. The Morgan fingerprint density at radius 2 is 1.82 bits per heavy atom. The average molecular weight is 379 g/mol. The monoisotopic (exact) mass is 379 g/mol. The van der Waals surface area contributed by atoms with E-state index in [4.69, 9.17) is 4.42 Å². The Morgan fingerprint density at radius 3 is 2.50 bits per heavy atom. The number of fused-ring (bicyclic) bond motifs is 1. The molecule has 0 spiro atoms. The Bertz CT molecular complexity index is 1060. The van der Waals surface area contributed by atoms with Crippen molar-refractivity contribution in [3.63, 3.8) is 0 Å². The van der Waals surface area contributed by atoms with E-state index >= 15 is 0 Å². The molecule has 3 aromatic rings. The molecule has 142 valence electrons. The molecule has 1 aromatic heterocycles. The summed E-state index contributed by atoms with van der Waals surface area (Å²) in [5.41, 5.74) is -0.364. The quantitative estimate of drug-likeness (QED) is 0.686. The molecule has 1 aliphatic rings. The van der Waals surface area contributed by atoms with Crippen molar-refractivity contribution in [1.29, 1.82) is 0 Å². The number of carbonyl (C=O) groups excluding carboxylic acids is 2. The van der Waals surface area contributed by atoms with Crippen LogP contribution in [0.25, 0.3) is 0 Å². The van der Waals surface area contributed by atoms with Gasteiger partial charge in [-0.25, -0.2) is 4.39 Å². The first kappa shape index (κ1) is 18.1. The second-order valence-corrected chi connectivity index (χ2v) is 6.91. The van der Waals surface area contributed by atoms with Gasteiger partial charge in [-0.2, -0.15) is 0 Å². The van der Waals surface area contributed by atoms with Crippen LogP contribution < -0.4 is 4.90 Å². The Hall–Kier alpha value is -3.25. The number of anilines is 1. The maximum absolute atomic E-state index is 13.2. The fraction of sp³-hybridized carbons (Fsp3) is 0.182. The lowest BCUT2D eigenvalue weighted by atomic mass is 9.89. The molecule has 0 saturated heterocycles. The number of halogens is 1. The highest BCUT2D eigenvalue weighted by Crippen LogP contribution is 2.43. The van der Waals surface area contributed by atoms with Gasteiger partial charge in [-0.3, -0.25) is 9.59 Å². The smallest absolute Gasteiger partial charge is 0.264 e. The third-order valence-corrected chi connectivity index (χ3v) is 4.92. The molecule has 2 heterocycles. The maximum atomic E-state index is 13.2. The lowest BCUT2D eigenvalue weighted by molar-refractivity contribution is -0.136. The van der Waals surface area contributed by atoms with E-state index in [2.05, 4.69) is 0 Å². The van der Waals surface area contributed by atoms with Crippen molar-refractivity contribution in [2.45, 2.75) is 25.5 Å². The average Bonchev–Trinajstić information content (AvgIpc) is 3.20. The van der Waals surface area contributed by atoms with Crippen molar-refractivity contribution in [2.24, 2.45) is 0 Å². The first-order valence-electron chi connectivity index (χ1n) is 8.86. The number of aliphatic hydroxyl groups is 1. The van der Waals surface area contributed by atoms with Gasteiger partial charge in [0.15, 0.2) is 11.4 Å². The van der Waals surface area contributed by atoms with E-state index in [1.54, 1.807) is 49.4 Å². The molecule has 1 unspecified atom stereocenters. The Balaban J connectivity index is 1.67. The predicted octanol–water partition coefficient (Wildman–Crippen LogP) is 3.73. The minimum Gasteiger partial charge on any atom is -0.458 e. The molecule has 1 atom stereocenters. The fourth-order valence-electron chi connectivity index (χ4n) is 3.51. The van der Waals surface area contributed by atoms with Gasteiger partial charge in [-0.05, 0) is 42.8 Å². The summed E-state index contributed by atoms with van der Waals surface area (Å²) in [6.45, 7) is 1.87. The van der Waals surface area contributed by atoms with Crippen molar-refractivity contribution in [3.8, 4) is 0 Å². The van der Waals surface area contributed by atoms with Gasteiger partial charge >= 0.3 is 0 Å². The number of rotatable bonds is 5. The predicted molar refractivity (Wildman–Crippen MR) is 100 cm³/mol. The molecule has 0 saturated carbocycles. The van der Waals surface area contributed by atoms with Gasteiger partial charge in [-0.15, -0.1) is 0 Å². The van der Waals surface area contributed by atoms with Crippen molar-refractivity contribution < 1.29 is 23.5 Å². The molecule has 6 heteroatoms. The maximum Gasteiger partial charge on any atom is 0.264 e. The molecule has 0 bridgehead atoms. The van der Waals surface area contributed by atoms with Crippen LogP contribution in [0.2, 0.25) is 0 Å². The lowest BCUT2D eigenvalue weighted by Crippen LogP contribution is -2.41. The van der Waals surface area contributed by atoms with E-state index in [9.17, 15) is 19.1 Å². The summed E-state index contributed by atoms with van der Waals surface area (Å²) >= 11 is 0. The first-order chi connectivity index (χ1) is 13.4. The van der Waals surface area contributed by atoms with Crippen molar-refractivity contribution in [2.75, 3.05) is 4.90 Å². The highest BCUT2D eigenvalue weighted by molar-refractivity contribution is 6.10. The number of hydrogen-bond acceptors (Lipinski definition) is 4.